The number of aromatic hydroxyl groups is 1. The second kappa shape index (κ2) is 4.11. The Labute approximate surface area is 105 Å². The van der Waals surface area contributed by atoms with Gasteiger partial charge in [-0.2, -0.15) is 10.1 Å². The molecule has 0 spiro atoms. The van der Waals surface area contributed by atoms with Crippen LogP contribution in [0, 0.1) is 0 Å². The molecule has 0 aliphatic carbocycles. The van der Waals surface area contributed by atoms with E-state index in [0.717, 1.165) is 0 Å². The third kappa shape index (κ3) is 1.80. The lowest BCUT2D eigenvalue weighted by molar-refractivity contribution is 0.425. The highest BCUT2D eigenvalue weighted by atomic mass is 35.5. The molecule has 7 nitrogen and oxygen atoms in total. The van der Waals surface area contributed by atoms with Crippen molar-refractivity contribution in [2.75, 3.05) is 0 Å². The van der Waals surface area contributed by atoms with Crippen LogP contribution in [-0.2, 0) is 0 Å². The molecule has 2 heterocycles. The fourth-order valence-corrected chi connectivity index (χ4v) is 1.59. The number of rotatable bonds is 2. The van der Waals surface area contributed by atoms with E-state index in [2.05, 4.69) is 25.3 Å². The second-order valence-corrected chi connectivity index (χ2v) is 3.86. The zero-order valence-electron chi connectivity index (χ0n) is 8.83. The van der Waals surface area contributed by atoms with Crippen LogP contribution in [0.1, 0.15) is 0 Å². The molecule has 90 valence electrons. The highest BCUT2D eigenvalue weighted by Crippen LogP contribution is 2.31. The van der Waals surface area contributed by atoms with Crippen molar-refractivity contribution < 1.29 is 9.63 Å². The molecule has 0 bridgehead atoms. The van der Waals surface area contributed by atoms with Gasteiger partial charge in [0, 0.05) is 5.02 Å². The van der Waals surface area contributed by atoms with E-state index in [0.29, 0.717) is 16.4 Å². The molecule has 3 aromatic rings. The minimum atomic E-state index is 0.00664. The van der Waals surface area contributed by atoms with Gasteiger partial charge in [0.1, 0.15) is 12.1 Å². The van der Waals surface area contributed by atoms with E-state index in [9.17, 15) is 5.11 Å². The molecule has 0 fully saturated rings. The number of phenols is 1. The lowest BCUT2D eigenvalue weighted by Gasteiger charge is -1.98. The van der Waals surface area contributed by atoms with Crippen molar-refractivity contribution in [2.24, 2.45) is 0 Å². The molecule has 0 aliphatic heterocycles. The lowest BCUT2D eigenvalue weighted by atomic mass is 10.2. The average molecular weight is 264 g/mol. The van der Waals surface area contributed by atoms with E-state index in [4.69, 9.17) is 16.1 Å². The molecule has 0 saturated heterocycles. The number of halogens is 1. The quantitative estimate of drug-likeness (QED) is 0.732. The van der Waals surface area contributed by atoms with E-state index < -0.39 is 0 Å². The summed E-state index contributed by atoms with van der Waals surface area (Å²) < 4.78 is 5.04. The zero-order chi connectivity index (χ0) is 12.5. The van der Waals surface area contributed by atoms with Crippen LogP contribution in [0.4, 0.5) is 0 Å². The van der Waals surface area contributed by atoms with Crippen LogP contribution >= 0.6 is 11.6 Å². The van der Waals surface area contributed by atoms with Gasteiger partial charge in [-0.1, -0.05) is 16.8 Å². The molecule has 0 radical (unpaired) electrons. The molecule has 8 heteroatoms. The molecule has 0 atom stereocenters. The summed E-state index contributed by atoms with van der Waals surface area (Å²) in [4.78, 5) is 7.99. The highest BCUT2D eigenvalue weighted by molar-refractivity contribution is 6.30. The summed E-state index contributed by atoms with van der Waals surface area (Å²) in [5.41, 5.74) is 0.362. The van der Waals surface area contributed by atoms with Crippen LogP contribution in [0.2, 0.25) is 5.02 Å². The number of aromatic nitrogens is 5. The molecule has 0 aliphatic rings. The van der Waals surface area contributed by atoms with Crippen molar-refractivity contribution >= 4 is 11.6 Å². The first-order chi connectivity index (χ1) is 8.74. The van der Waals surface area contributed by atoms with Crippen LogP contribution in [0.15, 0.2) is 29.0 Å². The Bertz CT molecular complexity index is 679. The van der Waals surface area contributed by atoms with Crippen molar-refractivity contribution in [1.82, 2.24) is 25.3 Å². The molecule has 3 rings (SSSR count). The number of benzene rings is 1. The minimum Gasteiger partial charge on any atom is -0.507 e. The average Bonchev–Trinajstić information content (AvgIpc) is 3.00. The van der Waals surface area contributed by atoms with Crippen LogP contribution in [0.3, 0.4) is 0 Å². The van der Waals surface area contributed by atoms with Crippen LogP contribution in [0.25, 0.3) is 23.1 Å². The first-order valence-electron chi connectivity index (χ1n) is 4.92. The fourth-order valence-electron chi connectivity index (χ4n) is 1.42. The van der Waals surface area contributed by atoms with Crippen molar-refractivity contribution in [1.29, 1.82) is 0 Å². The number of nitrogens with zero attached hydrogens (tertiary/aromatic N) is 4. The molecule has 2 aromatic heterocycles. The van der Waals surface area contributed by atoms with Crippen molar-refractivity contribution in [3.05, 3.63) is 29.5 Å². The van der Waals surface area contributed by atoms with Crippen LogP contribution in [0.5, 0.6) is 5.75 Å². The van der Waals surface area contributed by atoms with Gasteiger partial charge in [-0.15, -0.1) is 0 Å². The van der Waals surface area contributed by atoms with Gasteiger partial charge in [-0.25, -0.2) is 4.98 Å². The predicted molar refractivity (Wildman–Crippen MR) is 61.8 cm³/mol. The largest absolute Gasteiger partial charge is 0.507 e. The Kier molecular flexibility index (Phi) is 2.45. The summed E-state index contributed by atoms with van der Waals surface area (Å²) in [6, 6.07) is 4.55. The van der Waals surface area contributed by atoms with Gasteiger partial charge in [0.05, 0.1) is 5.56 Å². The minimum absolute atomic E-state index is 0.00664. The summed E-state index contributed by atoms with van der Waals surface area (Å²) >= 11 is 5.84. The van der Waals surface area contributed by atoms with E-state index in [-0.39, 0.29) is 17.5 Å². The van der Waals surface area contributed by atoms with Gasteiger partial charge in [0.15, 0.2) is 5.82 Å². The lowest BCUT2D eigenvalue weighted by Crippen LogP contribution is -1.84. The highest BCUT2D eigenvalue weighted by Gasteiger charge is 2.15. The number of aromatic amines is 1. The number of hydrogen-bond donors (Lipinski definition) is 2. The molecule has 2 N–H and O–H groups in total. The predicted octanol–water partition coefficient (Wildman–Crippen LogP) is 1.88. The summed E-state index contributed by atoms with van der Waals surface area (Å²) in [5, 5.41) is 20.2. The Balaban J connectivity index is 2.05. The fraction of sp³-hybridized carbons (Fsp3) is 0. The second-order valence-electron chi connectivity index (χ2n) is 3.42. The molecule has 18 heavy (non-hydrogen) atoms. The standard InChI is InChI=1S/C10H6ClN5O2/c11-5-1-2-7(17)6(3-5)10-14-9(16-18-10)8-12-4-13-15-8/h1-4,17H,(H,12,13,15). The van der Waals surface area contributed by atoms with Crippen molar-refractivity contribution in [2.45, 2.75) is 0 Å². The third-order valence-electron chi connectivity index (χ3n) is 2.24. The molecule has 1 aromatic carbocycles. The first-order valence-corrected chi connectivity index (χ1v) is 5.30. The number of H-pyrrole nitrogens is 1. The van der Waals surface area contributed by atoms with E-state index in [1.54, 1.807) is 6.07 Å². The van der Waals surface area contributed by atoms with E-state index >= 15 is 0 Å². The summed E-state index contributed by atoms with van der Waals surface area (Å²) in [6.45, 7) is 0. The van der Waals surface area contributed by atoms with E-state index in [1.807, 2.05) is 0 Å². The summed E-state index contributed by atoms with van der Waals surface area (Å²) in [7, 11) is 0. The molecular formula is C10H6ClN5O2. The van der Waals surface area contributed by atoms with Gasteiger partial charge in [0.25, 0.3) is 5.89 Å². The molecule has 0 saturated carbocycles. The van der Waals surface area contributed by atoms with Crippen molar-refractivity contribution in [3.63, 3.8) is 0 Å². The topological polar surface area (TPSA) is 101 Å². The van der Waals surface area contributed by atoms with Gasteiger partial charge >= 0.3 is 0 Å². The Hall–Kier alpha value is -2.41. The summed E-state index contributed by atoms with van der Waals surface area (Å²) in [6.07, 6.45) is 1.34. The maximum atomic E-state index is 9.71. The molecule has 0 unspecified atom stereocenters. The monoisotopic (exact) mass is 263 g/mol. The molecule has 0 amide bonds. The first kappa shape index (κ1) is 10.7. The summed E-state index contributed by atoms with van der Waals surface area (Å²) in [5.74, 6) is 0.793. The Morgan fingerprint density at radius 1 is 1.33 bits per heavy atom. The smallest absolute Gasteiger partial charge is 0.262 e. The third-order valence-corrected chi connectivity index (χ3v) is 2.48. The van der Waals surface area contributed by atoms with Gasteiger partial charge in [-0.05, 0) is 18.2 Å². The zero-order valence-corrected chi connectivity index (χ0v) is 9.59. The normalized spacial score (nSPS) is 10.7. The molecular weight excluding hydrogens is 258 g/mol. The number of hydrogen-bond acceptors (Lipinski definition) is 6. The Morgan fingerprint density at radius 2 is 2.22 bits per heavy atom. The van der Waals surface area contributed by atoms with Gasteiger partial charge in [0.2, 0.25) is 5.82 Å². The number of phenolic OH excluding ortho intramolecular Hbond substituents is 1. The van der Waals surface area contributed by atoms with Crippen molar-refractivity contribution in [3.8, 4) is 28.9 Å². The SMILES string of the molecule is Oc1ccc(Cl)cc1-c1nc(-c2ncn[nH]2)no1. The maximum absolute atomic E-state index is 9.71. The van der Waals surface area contributed by atoms with Gasteiger partial charge in [-0.3, -0.25) is 5.10 Å². The maximum Gasteiger partial charge on any atom is 0.262 e. The van der Waals surface area contributed by atoms with Gasteiger partial charge < -0.3 is 9.63 Å². The van der Waals surface area contributed by atoms with Crippen LogP contribution in [-0.4, -0.2) is 30.4 Å². The van der Waals surface area contributed by atoms with E-state index in [1.165, 1.54) is 18.5 Å². The number of nitrogens with one attached hydrogen (secondary N) is 1. The Morgan fingerprint density at radius 3 is 3.00 bits per heavy atom. The van der Waals surface area contributed by atoms with Crippen LogP contribution < -0.4 is 0 Å².